The minimum Gasteiger partial charge on any atom is -0.490 e. The minimum absolute atomic E-state index is 0.590. The summed E-state index contributed by atoms with van der Waals surface area (Å²) in [6.45, 7) is 6.11. The van der Waals surface area contributed by atoms with Crippen molar-refractivity contribution in [2.45, 2.75) is 64.1 Å². The van der Waals surface area contributed by atoms with E-state index in [0.29, 0.717) is 18.1 Å². The van der Waals surface area contributed by atoms with Crippen molar-refractivity contribution in [3.63, 3.8) is 0 Å². The molecule has 0 aliphatic carbocycles. The zero-order valence-corrected chi connectivity index (χ0v) is 13.2. The van der Waals surface area contributed by atoms with Crippen LogP contribution in [0.5, 0.6) is 5.75 Å². The molecule has 1 aromatic heterocycles. The molecule has 21 heavy (non-hydrogen) atoms. The number of nitrogens with zero attached hydrogens (tertiary/aromatic N) is 2. The predicted molar refractivity (Wildman–Crippen MR) is 86.0 cm³/mol. The first-order valence-corrected chi connectivity index (χ1v) is 8.42. The maximum atomic E-state index is 5.91. The number of piperidine rings is 1. The molecule has 0 amide bonds. The van der Waals surface area contributed by atoms with Crippen molar-refractivity contribution < 1.29 is 4.74 Å². The van der Waals surface area contributed by atoms with Gasteiger partial charge in [-0.3, -0.25) is 0 Å². The molecule has 4 heteroatoms. The molecular weight excluding hydrogens is 262 g/mol. The van der Waals surface area contributed by atoms with Crippen LogP contribution in [0.1, 0.15) is 46.0 Å². The second kappa shape index (κ2) is 6.65. The van der Waals surface area contributed by atoms with Crippen LogP contribution in [0.15, 0.2) is 18.3 Å². The Balaban J connectivity index is 1.79. The zero-order valence-electron chi connectivity index (χ0n) is 13.2. The van der Waals surface area contributed by atoms with Crippen molar-refractivity contribution in [2.24, 2.45) is 0 Å². The van der Waals surface area contributed by atoms with E-state index in [1.54, 1.807) is 0 Å². The SMILES string of the molecule is CCCOc1cccnc1N(CC)C1CC2CCC(C1)N2. The highest BCUT2D eigenvalue weighted by Crippen LogP contribution is 2.34. The van der Waals surface area contributed by atoms with E-state index in [1.807, 2.05) is 12.3 Å². The Morgan fingerprint density at radius 3 is 2.71 bits per heavy atom. The van der Waals surface area contributed by atoms with Gasteiger partial charge in [-0.05, 0) is 51.2 Å². The lowest BCUT2D eigenvalue weighted by molar-refractivity contribution is 0.310. The van der Waals surface area contributed by atoms with E-state index in [0.717, 1.165) is 31.1 Å². The fourth-order valence-corrected chi connectivity index (χ4v) is 3.79. The zero-order chi connectivity index (χ0) is 14.7. The highest BCUT2D eigenvalue weighted by molar-refractivity contribution is 5.53. The van der Waals surface area contributed by atoms with E-state index in [9.17, 15) is 0 Å². The van der Waals surface area contributed by atoms with E-state index in [1.165, 1.54) is 25.7 Å². The van der Waals surface area contributed by atoms with Gasteiger partial charge in [-0.15, -0.1) is 0 Å². The lowest BCUT2D eigenvalue weighted by atomic mass is 9.98. The van der Waals surface area contributed by atoms with Crippen LogP contribution in [0.3, 0.4) is 0 Å². The highest BCUT2D eigenvalue weighted by Gasteiger charge is 2.36. The summed E-state index contributed by atoms with van der Waals surface area (Å²) >= 11 is 0. The van der Waals surface area contributed by atoms with Crippen LogP contribution in [-0.2, 0) is 0 Å². The Labute approximate surface area is 127 Å². The fraction of sp³-hybridized carbons (Fsp3) is 0.706. The van der Waals surface area contributed by atoms with Gasteiger partial charge in [0, 0.05) is 30.9 Å². The molecule has 3 heterocycles. The van der Waals surface area contributed by atoms with Crippen molar-refractivity contribution in [2.75, 3.05) is 18.1 Å². The summed E-state index contributed by atoms with van der Waals surface area (Å²) in [5.41, 5.74) is 0. The van der Waals surface area contributed by atoms with Gasteiger partial charge in [0.15, 0.2) is 11.6 Å². The summed E-state index contributed by atoms with van der Waals surface area (Å²) < 4.78 is 5.91. The maximum absolute atomic E-state index is 5.91. The quantitative estimate of drug-likeness (QED) is 0.873. The summed E-state index contributed by atoms with van der Waals surface area (Å²) in [5, 5.41) is 3.72. The van der Waals surface area contributed by atoms with E-state index in [-0.39, 0.29) is 0 Å². The number of fused-ring (bicyclic) bond motifs is 2. The second-order valence-corrected chi connectivity index (χ2v) is 6.22. The molecule has 116 valence electrons. The topological polar surface area (TPSA) is 37.4 Å². The monoisotopic (exact) mass is 289 g/mol. The molecule has 1 aromatic rings. The Bertz CT molecular complexity index is 453. The van der Waals surface area contributed by atoms with E-state index in [2.05, 4.69) is 35.1 Å². The normalized spacial score (nSPS) is 27.6. The third-order valence-corrected chi connectivity index (χ3v) is 4.71. The van der Waals surface area contributed by atoms with Gasteiger partial charge in [-0.2, -0.15) is 0 Å². The van der Waals surface area contributed by atoms with Gasteiger partial charge >= 0.3 is 0 Å². The number of rotatable bonds is 6. The van der Waals surface area contributed by atoms with E-state index >= 15 is 0 Å². The molecule has 2 fully saturated rings. The fourth-order valence-electron chi connectivity index (χ4n) is 3.79. The summed E-state index contributed by atoms with van der Waals surface area (Å²) in [5.74, 6) is 1.96. The Morgan fingerprint density at radius 1 is 1.29 bits per heavy atom. The highest BCUT2D eigenvalue weighted by atomic mass is 16.5. The lowest BCUT2D eigenvalue weighted by Gasteiger charge is -2.38. The van der Waals surface area contributed by atoms with Gasteiger partial charge in [-0.25, -0.2) is 4.98 Å². The van der Waals surface area contributed by atoms with Crippen molar-refractivity contribution in [1.82, 2.24) is 10.3 Å². The molecule has 2 saturated heterocycles. The molecule has 0 aromatic carbocycles. The van der Waals surface area contributed by atoms with Gasteiger partial charge in [0.05, 0.1) is 6.61 Å². The van der Waals surface area contributed by atoms with Crippen LogP contribution in [0.2, 0.25) is 0 Å². The molecule has 0 saturated carbocycles. The molecule has 1 N–H and O–H groups in total. The molecular formula is C17H27N3O. The Morgan fingerprint density at radius 2 is 2.05 bits per heavy atom. The summed E-state index contributed by atoms with van der Waals surface area (Å²) in [6, 6.07) is 6.01. The van der Waals surface area contributed by atoms with Gasteiger partial charge in [0.1, 0.15) is 0 Å². The average molecular weight is 289 g/mol. The maximum Gasteiger partial charge on any atom is 0.171 e. The standard InChI is InChI=1S/C17H27N3O/c1-3-10-21-16-6-5-9-18-17(16)20(4-2)15-11-13-7-8-14(12-15)19-13/h5-6,9,13-15,19H,3-4,7-8,10-12H2,1-2H3. The van der Waals surface area contributed by atoms with E-state index in [4.69, 9.17) is 4.74 Å². The third-order valence-electron chi connectivity index (χ3n) is 4.71. The first-order chi connectivity index (χ1) is 10.3. The molecule has 2 atom stereocenters. The van der Waals surface area contributed by atoms with Crippen LogP contribution in [0, 0.1) is 0 Å². The molecule has 2 aliphatic rings. The van der Waals surface area contributed by atoms with E-state index < -0.39 is 0 Å². The average Bonchev–Trinajstić information content (AvgIpc) is 2.86. The largest absolute Gasteiger partial charge is 0.490 e. The second-order valence-electron chi connectivity index (χ2n) is 6.22. The molecule has 3 rings (SSSR count). The molecule has 2 unspecified atom stereocenters. The van der Waals surface area contributed by atoms with Crippen LogP contribution in [0.4, 0.5) is 5.82 Å². The Hall–Kier alpha value is -1.29. The molecule has 2 bridgehead atoms. The third kappa shape index (κ3) is 3.15. The van der Waals surface area contributed by atoms with Gasteiger partial charge in [0.2, 0.25) is 0 Å². The summed E-state index contributed by atoms with van der Waals surface area (Å²) in [4.78, 5) is 7.08. The van der Waals surface area contributed by atoms with Gasteiger partial charge < -0.3 is 15.0 Å². The first-order valence-electron chi connectivity index (χ1n) is 8.42. The van der Waals surface area contributed by atoms with Crippen molar-refractivity contribution >= 4 is 5.82 Å². The van der Waals surface area contributed by atoms with Crippen molar-refractivity contribution in [1.29, 1.82) is 0 Å². The number of hydrogen-bond donors (Lipinski definition) is 1. The van der Waals surface area contributed by atoms with Crippen LogP contribution < -0.4 is 15.0 Å². The molecule has 2 aliphatic heterocycles. The molecule has 0 spiro atoms. The first kappa shape index (κ1) is 14.6. The van der Waals surface area contributed by atoms with Gasteiger partial charge in [-0.1, -0.05) is 6.92 Å². The Kier molecular flexibility index (Phi) is 4.63. The van der Waals surface area contributed by atoms with Gasteiger partial charge in [0.25, 0.3) is 0 Å². The smallest absolute Gasteiger partial charge is 0.171 e. The lowest BCUT2D eigenvalue weighted by Crippen LogP contribution is -2.48. The van der Waals surface area contributed by atoms with Crippen LogP contribution >= 0.6 is 0 Å². The molecule has 4 nitrogen and oxygen atoms in total. The summed E-state index contributed by atoms with van der Waals surface area (Å²) in [6.07, 6.45) is 8.03. The van der Waals surface area contributed by atoms with Crippen molar-refractivity contribution in [3.8, 4) is 5.75 Å². The number of ether oxygens (including phenoxy) is 1. The predicted octanol–water partition coefficient (Wildman–Crippen LogP) is 2.98. The number of nitrogens with one attached hydrogen (secondary N) is 1. The number of anilines is 1. The number of hydrogen-bond acceptors (Lipinski definition) is 4. The van der Waals surface area contributed by atoms with Crippen molar-refractivity contribution in [3.05, 3.63) is 18.3 Å². The van der Waals surface area contributed by atoms with Crippen LogP contribution in [-0.4, -0.2) is 36.3 Å². The summed E-state index contributed by atoms with van der Waals surface area (Å²) in [7, 11) is 0. The minimum atomic E-state index is 0.590. The molecule has 0 radical (unpaired) electrons. The number of pyridine rings is 1. The van der Waals surface area contributed by atoms with Crippen LogP contribution in [0.25, 0.3) is 0 Å². The number of aromatic nitrogens is 1.